The first-order chi connectivity index (χ1) is 11.8. The summed E-state index contributed by atoms with van der Waals surface area (Å²) < 4.78 is 14.8. The fourth-order valence-corrected chi connectivity index (χ4v) is 2.57. The smallest absolute Gasteiger partial charge is 0.289 e. The Bertz CT molecular complexity index is 858. The number of amides is 1. The van der Waals surface area contributed by atoms with Gasteiger partial charge >= 0.3 is 0 Å². The molecule has 25 heavy (non-hydrogen) atoms. The Morgan fingerprint density at radius 3 is 2.76 bits per heavy atom. The predicted molar refractivity (Wildman–Crippen MR) is 87.3 cm³/mol. The number of primary amides is 1. The van der Waals surface area contributed by atoms with Gasteiger partial charge in [0.15, 0.2) is 5.78 Å². The van der Waals surface area contributed by atoms with Crippen LogP contribution in [0.2, 0.25) is 0 Å². The maximum absolute atomic E-state index is 13.3. The first-order valence-electron chi connectivity index (χ1n) is 7.51. The van der Waals surface area contributed by atoms with Gasteiger partial charge in [-0.1, -0.05) is 0 Å². The minimum absolute atomic E-state index is 0.0692. The summed E-state index contributed by atoms with van der Waals surface area (Å²) in [4.78, 5) is 35.2. The highest BCUT2D eigenvalue weighted by Gasteiger charge is 2.23. The van der Waals surface area contributed by atoms with E-state index >= 15 is 0 Å². The Balaban J connectivity index is 2.11. The zero-order valence-electron chi connectivity index (χ0n) is 13.8. The van der Waals surface area contributed by atoms with Crippen molar-refractivity contribution in [1.29, 1.82) is 5.26 Å². The van der Waals surface area contributed by atoms with Gasteiger partial charge in [-0.2, -0.15) is 5.26 Å². The van der Waals surface area contributed by atoms with Crippen LogP contribution >= 0.6 is 0 Å². The van der Waals surface area contributed by atoms with Crippen LogP contribution in [0.25, 0.3) is 0 Å². The fourth-order valence-electron chi connectivity index (χ4n) is 2.57. The predicted octanol–water partition coefficient (Wildman–Crippen LogP) is 0.849. The number of rotatable bonds is 6. The van der Waals surface area contributed by atoms with Gasteiger partial charge in [0.1, 0.15) is 11.9 Å². The molecule has 1 amide bonds. The largest absolute Gasteiger partial charge is 0.363 e. The van der Waals surface area contributed by atoms with Gasteiger partial charge in [0, 0.05) is 24.3 Å². The minimum atomic E-state index is -1.09. The average molecular weight is 344 g/mol. The van der Waals surface area contributed by atoms with Crippen LogP contribution in [0.4, 0.5) is 4.39 Å². The second-order valence-electron chi connectivity index (χ2n) is 5.67. The summed E-state index contributed by atoms with van der Waals surface area (Å²) in [5.74, 6) is -2.82. The maximum Gasteiger partial charge on any atom is 0.289 e. The van der Waals surface area contributed by atoms with Crippen LogP contribution in [0, 0.1) is 18.3 Å². The number of nitriles is 1. The highest BCUT2D eigenvalue weighted by Crippen LogP contribution is 2.19. The number of aromatic nitrogens is 1. The third-order valence-corrected chi connectivity index (χ3v) is 4.11. The molecule has 0 saturated carbocycles. The van der Waals surface area contributed by atoms with Gasteiger partial charge in [0.25, 0.3) is 11.7 Å². The number of hydrogen-bond acceptors (Lipinski definition) is 5. The van der Waals surface area contributed by atoms with E-state index < -0.39 is 17.5 Å². The Kier molecular flexibility index (Phi) is 5.29. The van der Waals surface area contributed by atoms with E-state index in [0.717, 1.165) is 0 Å². The summed E-state index contributed by atoms with van der Waals surface area (Å²) in [5.41, 5.74) is 5.73. The molecular formula is C17H17FN4O3. The summed E-state index contributed by atoms with van der Waals surface area (Å²) in [6, 6.07) is 2.75. The summed E-state index contributed by atoms with van der Waals surface area (Å²) in [6.45, 7) is 1.54. The summed E-state index contributed by atoms with van der Waals surface area (Å²) in [5, 5.41) is 11.8. The Labute approximate surface area is 143 Å². The first-order valence-corrected chi connectivity index (χ1v) is 7.51. The van der Waals surface area contributed by atoms with Crippen molar-refractivity contribution in [1.82, 2.24) is 9.88 Å². The second-order valence-corrected chi connectivity index (χ2v) is 5.67. The first kappa shape index (κ1) is 18.3. The van der Waals surface area contributed by atoms with Crippen LogP contribution < -0.4 is 11.1 Å². The molecule has 8 heteroatoms. The number of hydrogen-bond donors (Lipinski definition) is 2. The van der Waals surface area contributed by atoms with E-state index in [1.165, 1.54) is 22.8 Å². The summed E-state index contributed by atoms with van der Waals surface area (Å²) in [7, 11) is 1.60. The van der Waals surface area contributed by atoms with E-state index in [4.69, 9.17) is 11.0 Å². The van der Waals surface area contributed by atoms with Crippen molar-refractivity contribution in [3.8, 4) is 6.07 Å². The van der Waals surface area contributed by atoms with Crippen molar-refractivity contribution >= 4 is 17.5 Å². The zero-order valence-corrected chi connectivity index (χ0v) is 13.8. The normalized spacial score (nSPS) is 16.6. The average Bonchev–Trinajstić information content (AvgIpc) is 2.88. The van der Waals surface area contributed by atoms with E-state index in [0.29, 0.717) is 12.1 Å². The van der Waals surface area contributed by atoms with E-state index in [1.54, 1.807) is 20.0 Å². The molecule has 1 heterocycles. The molecule has 0 aromatic carbocycles. The van der Waals surface area contributed by atoms with E-state index in [-0.39, 0.29) is 35.2 Å². The molecule has 0 spiro atoms. The van der Waals surface area contributed by atoms with Gasteiger partial charge in [-0.25, -0.2) is 4.39 Å². The lowest BCUT2D eigenvalue weighted by atomic mass is 10.0. The lowest BCUT2D eigenvalue weighted by molar-refractivity contribution is -0.114. The van der Waals surface area contributed by atoms with Crippen molar-refractivity contribution in [2.45, 2.75) is 19.4 Å². The highest BCUT2D eigenvalue weighted by molar-refractivity contribution is 6.42. The van der Waals surface area contributed by atoms with E-state index in [9.17, 15) is 18.8 Å². The van der Waals surface area contributed by atoms with Crippen molar-refractivity contribution in [3.63, 3.8) is 0 Å². The number of Topliss-reactive ketones (excluding diaryl/α,β-unsaturated/α-hetero) is 2. The van der Waals surface area contributed by atoms with Crippen molar-refractivity contribution < 1.29 is 18.8 Å². The third kappa shape index (κ3) is 3.72. The van der Waals surface area contributed by atoms with Crippen LogP contribution in [0.1, 0.15) is 33.0 Å². The van der Waals surface area contributed by atoms with Crippen molar-refractivity contribution in [3.05, 3.63) is 46.6 Å². The molecule has 1 aliphatic carbocycles. The minimum Gasteiger partial charge on any atom is -0.363 e. The number of nitrogens with one attached hydrogen (secondary N) is 1. The van der Waals surface area contributed by atoms with Gasteiger partial charge in [0.2, 0.25) is 0 Å². The zero-order chi connectivity index (χ0) is 18.7. The Morgan fingerprint density at radius 1 is 1.48 bits per heavy atom. The quantitative estimate of drug-likeness (QED) is 0.586. The number of nitrogens with zero attached hydrogens (tertiary/aromatic N) is 2. The molecule has 1 atom stereocenters. The van der Waals surface area contributed by atoms with Gasteiger partial charge in [-0.3, -0.25) is 14.4 Å². The van der Waals surface area contributed by atoms with Crippen LogP contribution in [-0.2, 0) is 11.8 Å². The fraction of sp³-hybridized carbons (Fsp3) is 0.294. The van der Waals surface area contributed by atoms with Gasteiger partial charge in [-0.05, 0) is 31.6 Å². The van der Waals surface area contributed by atoms with Gasteiger partial charge < -0.3 is 15.6 Å². The monoisotopic (exact) mass is 344 g/mol. The Hall–Kier alpha value is -3.05. The lowest BCUT2D eigenvalue weighted by Crippen LogP contribution is -2.33. The number of ketones is 2. The standard InChI is InChI=1S/C17H17FN4O3/c1-9-12(16(24)17(20)25)6-14(22(9)2)15(23)8-21-11-3-4-13(18)10(5-11)7-19/h4-6,11,21H,3,8H2,1-2H3,(H2,20,25). The van der Waals surface area contributed by atoms with Crippen LogP contribution in [0.3, 0.4) is 0 Å². The van der Waals surface area contributed by atoms with Crippen molar-refractivity contribution in [2.24, 2.45) is 12.8 Å². The summed E-state index contributed by atoms with van der Waals surface area (Å²) >= 11 is 0. The molecule has 3 N–H and O–H groups in total. The number of carbonyl (C=O) groups excluding carboxylic acids is 3. The maximum atomic E-state index is 13.3. The molecule has 130 valence electrons. The Morgan fingerprint density at radius 2 is 2.16 bits per heavy atom. The molecular weight excluding hydrogens is 327 g/mol. The molecule has 1 aromatic rings. The highest BCUT2D eigenvalue weighted by atomic mass is 19.1. The van der Waals surface area contributed by atoms with E-state index in [1.807, 2.05) is 0 Å². The van der Waals surface area contributed by atoms with Crippen molar-refractivity contribution in [2.75, 3.05) is 6.54 Å². The molecule has 7 nitrogen and oxygen atoms in total. The molecule has 1 aromatic heterocycles. The number of halogens is 1. The molecule has 0 radical (unpaired) electrons. The van der Waals surface area contributed by atoms with Gasteiger partial charge in [0.05, 0.1) is 17.8 Å². The third-order valence-electron chi connectivity index (χ3n) is 4.11. The molecule has 2 rings (SSSR count). The molecule has 0 fully saturated rings. The summed E-state index contributed by atoms with van der Waals surface area (Å²) in [6.07, 6.45) is 3.04. The topological polar surface area (TPSA) is 118 Å². The molecule has 1 aliphatic rings. The molecule has 1 unspecified atom stereocenters. The van der Waals surface area contributed by atoms with E-state index in [2.05, 4.69) is 5.32 Å². The SMILES string of the molecule is Cc1c(C(=O)C(N)=O)cc(C(=O)CNC2C=C(C#N)C(F)=CC2)n1C. The van der Waals surface area contributed by atoms with Crippen LogP contribution in [-0.4, -0.2) is 34.6 Å². The van der Waals surface area contributed by atoms with Gasteiger partial charge in [-0.15, -0.1) is 0 Å². The number of allylic oxidation sites excluding steroid dienone is 2. The van der Waals surface area contributed by atoms with Crippen LogP contribution in [0.15, 0.2) is 29.6 Å². The molecule has 0 aliphatic heterocycles. The molecule has 0 saturated heterocycles. The molecule has 0 bridgehead atoms. The number of nitrogens with two attached hydrogens (primary N) is 1. The second kappa shape index (κ2) is 7.23. The number of carbonyl (C=O) groups is 3. The lowest BCUT2D eigenvalue weighted by Gasteiger charge is -2.16. The van der Waals surface area contributed by atoms with Crippen LogP contribution in [0.5, 0.6) is 0 Å².